The minimum Gasteiger partial charge on any atom is -0.378 e. The normalized spacial score (nSPS) is 16.8. The Hall–Kier alpha value is -2.34. The number of aryl methyl sites for hydroxylation is 1. The fourth-order valence-electron chi connectivity index (χ4n) is 3.00. The van der Waals surface area contributed by atoms with Crippen molar-refractivity contribution >= 4 is 11.6 Å². The predicted octanol–water partition coefficient (Wildman–Crippen LogP) is 2.87. The summed E-state index contributed by atoms with van der Waals surface area (Å²) in [6.07, 6.45) is 2.13. The van der Waals surface area contributed by atoms with Gasteiger partial charge in [-0.05, 0) is 37.5 Å². The molecule has 2 heterocycles. The maximum atomic E-state index is 12.9. The maximum absolute atomic E-state index is 12.9. The monoisotopic (exact) mass is 343 g/mol. The fourth-order valence-corrected chi connectivity index (χ4v) is 3.00. The molecule has 0 bridgehead atoms. The molecule has 1 aromatic carbocycles. The average molecular weight is 343 g/mol. The number of carbonyl (C=O) groups excluding carboxylic acids is 1. The number of hydrogen-bond acceptors (Lipinski definition) is 5. The van der Waals surface area contributed by atoms with Crippen LogP contribution in [0.3, 0.4) is 0 Å². The van der Waals surface area contributed by atoms with E-state index in [1.54, 1.807) is 17.9 Å². The summed E-state index contributed by atoms with van der Waals surface area (Å²) in [5, 5.41) is 3.88. The van der Waals surface area contributed by atoms with E-state index < -0.39 is 0 Å². The number of anilines is 1. The number of rotatable bonds is 6. The molecule has 0 radical (unpaired) electrons. The molecule has 25 heavy (non-hydrogen) atoms. The molecular formula is C19H25N3O3. The number of amides is 1. The van der Waals surface area contributed by atoms with Crippen molar-refractivity contribution in [2.45, 2.75) is 32.4 Å². The van der Waals surface area contributed by atoms with Crippen LogP contribution in [0.5, 0.6) is 0 Å². The van der Waals surface area contributed by atoms with Gasteiger partial charge in [-0.25, -0.2) is 0 Å². The molecule has 1 aromatic heterocycles. The van der Waals surface area contributed by atoms with Crippen molar-refractivity contribution < 1.29 is 14.1 Å². The first-order valence-corrected chi connectivity index (χ1v) is 8.63. The molecule has 3 rings (SSSR count). The van der Waals surface area contributed by atoms with Gasteiger partial charge in [0.2, 0.25) is 0 Å². The molecule has 1 aliphatic rings. The van der Waals surface area contributed by atoms with Gasteiger partial charge in [-0.1, -0.05) is 17.3 Å². The van der Waals surface area contributed by atoms with E-state index in [1.807, 2.05) is 14.1 Å². The quantitative estimate of drug-likeness (QED) is 0.807. The van der Waals surface area contributed by atoms with Gasteiger partial charge in [0.05, 0.1) is 6.10 Å². The van der Waals surface area contributed by atoms with Crippen molar-refractivity contribution in [2.24, 2.45) is 0 Å². The summed E-state index contributed by atoms with van der Waals surface area (Å²) in [6, 6.07) is 9.91. The van der Waals surface area contributed by atoms with Crippen LogP contribution in [-0.2, 0) is 11.3 Å². The summed E-state index contributed by atoms with van der Waals surface area (Å²) < 4.78 is 10.8. The Labute approximate surface area is 148 Å². The third kappa shape index (κ3) is 4.39. The molecule has 1 saturated heterocycles. The topological polar surface area (TPSA) is 58.8 Å². The van der Waals surface area contributed by atoms with Crippen molar-refractivity contribution in [2.75, 3.05) is 32.1 Å². The molecule has 0 spiro atoms. The van der Waals surface area contributed by atoms with Crippen LogP contribution in [-0.4, -0.2) is 49.3 Å². The van der Waals surface area contributed by atoms with Crippen LogP contribution in [0.1, 0.15) is 34.7 Å². The highest BCUT2D eigenvalue weighted by Gasteiger charge is 2.25. The van der Waals surface area contributed by atoms with Crippen molar-refractivity contribution in [3.63, 3.8) is 0 Å². The lowest BCUT2D eigenvalue weighted by molar-refractivity contribution is 0.0499. The Morgan fingerprint density at radius 2 is 2.04 bits per heavy atom. The van der Waals surface area contributed by atoms with E-state index in [9.17, 15) is 4.79 Å². The number of benzene rings is 1. The van der Waals surface area contributed by atoms with E-state index in [0.717, 1.165) is 30.7 Å². The standard InChI is InChI=1S/C19H25N3O3/c1-14-11-18(20-25-14)19(23)22(13-17-5-4-10-24-17)12-15-6-8-16(9-7-15)21(2)3/h6-9,11,17H,4-5,10,12-13H2,1-3H3/t17-/m0/s1. The molecule has 0 aliphatic carbocycles. The second-order valence-electron chi connectivity index (χ2n) is 6.70. The van der Waals surface area contributed by atoms with Gasteiger partial charge in [0.15, 0.2) is 5.69 Å². The highest BCUT2D eigenvalue weighted by molar-refractivity contribution is 5.92. The van der Waals surface area contributed by atoms with Gasteiger partial charge in [-0.15, -0.1) is 0 Å². The van der Waals surface area contributed by atoms with Gasteiger partial charge in [0.1, 0.15) is 5.76 Å². The molecule has 134 valence electrons. The minimum atomic E-state index is -0.121. The Balaban J connectivity index is 1.76. The Morgan fingerprint density at radius 1 is 1.28 bits per heavy atom. The van der Waals surface area contributed by atoms with E-state index in [2.05, 4.69) is 34.3 Å². The molecule has 0 saturated carbocycles. The van der Waals surface area contributed by atoms with Crippen molar-refractivity contribution in [1.82, 2.24) is 10.1 Å². The van der Waals surface area contributed by atoms with E-state index in [4.69, 9.17) is 9.26 Å². The first-order chi connectivity index (χ1) is 12.0. The zero-order chi connectivity index (χ0) is 17.8. The molecule has 1 fully saturated rings. The Kier molecular flexibility index (Phi) is 5.38. The van der Waals surface area contributed by atoms with Gasteiger partial charge in [-0.3, -0.25) is 4.79 Å². The summed E-state index contributed by atoms with van der Waals surface area (Å²) in [5.74, 6) is 0.514. The lowest BCUT2D eigenvalue weighted by Crippen LogP contribution is -2.37. The number of aromatic nitrogens is 1. The van der Waals surface area contributed by atoms with Gasteiger partial charge in [0, 0.05) is 45.5 Å². The van der Waals surface area contributed by atoms with Crippen molar-refractivity contribution in [3.05, 3.63) is 47.3 Å². The smallest absolute Gasteiger partial charge is 0.276 e. The van der Waals surface area contributed by atoms with Gasteiger partial charge in [-0.2, -0.15) is 0 Å². The van der Waals surface area contributed by atoms with Crippen LogP contribution in [0.4, 0.5) is 5.69 Å². The van der Waals surface area contributed by atoms with Crippen molar-refractivity contribution in [1.29, 1.82) is 0 Å². The van der Waals surface area contributed by atoms with Gasteiger partial charge >= 0.3 is 0 Å². The second kappa shape index (κ2) is 7.70. The number of nitrogens with zero attached hydrogens (tertiary/aromatic N) is 3. The van der Waals surface area contributed by atoms with E-state index in [1.165, 1.54) is 0 Å². The Morgan fingerprint density at radius 3 is 2.60 bits per heavy atom. The molecule has 0 N–H and O–H groups in total. The zero-order valence-electron chi connectivity index (χ0n) is 15.1. The Bertz CT molecular complexity index is 703. The maximum Gasteiger partial charge on any atom is 0.276 e. The largest absolute Gasteiger partial charge is 0.378 e. The van der Waals surface area contributed by atoms with E-state index >= 15 is 0 Å². The first-order valence-electron chi connectivity index (χ1n) is 8.63. The summed E-state index contributed by atoms with van der Waals surface area (Å²) in [6.45, 7) is 3.65. The average Bonchev–Trinajstić information content (AvgIpc) is 3.26. The van der Waals surface area contributed by atoms with E-state index in [0.29, 0.717) is 24.5 Å². The molecule has 2 aromatic rings. The van der Waals surface area contributed by atoms with Crippen LogP contribution >= 0.6 is 0 Å². The molecule has 1 atom stereocenters. The van der Waals surface area contributed by atoms with Crippen LogP contribution < -0.4 is 4.90 Å². The highest BCUT2D eigenvalue weighted by atomic mass is 16.5. The van der Waals surface area contributed by atoms with Crippen LogP contribution in [0.25, 0.3) is 0 Å². The molecule has 6 heteroatoms. The summed E-state index contributed by atoms with van der Waals surface area (Å²) in [4.78, 5) is 16.7. The third-order valence-corrected chi connectivity index (χ3v) is 4.41. The minimum absolute atomic E-state index is 0.0954. The SMILES string of the molecule is Cc1cc(C(=O)N(Cc2ccc(N(C)C)cc2)C[C@@H]2CCCO2)no1. The van der Waals surface area contributed by atoms with Crippen LogP contribution in [0.2, 0.25) is 0 Å². The molecule has 6 nitrogen and oxygen atoms in total. The van der Waals surface area contributed by atoms with Gasteiger partial charge < -0.3 is 19.1 Å². The predicted molar refractivity (Wildman–Crippen MR) is 95.7 cm³/mol. The molecular weight excluding hydrogens is 318 g/mol. The zero-order valence-corrected chi connectivity index (χ0v) is 15.1. The van der Waals surface area contributed by atoms with Crippen molar-refractivity contribution in [3.8, 4) is 0 Å². The van der Waals surface area contributed by atoms with Crippen LogP contribution in [0.15, 0.2) is 34.9 Å². The van der Waals surface area contributed by atoms with Crippen LogP contribution in [0, 0.1) is 6.92 Å². The number of hydrogen-bond donors (Lipinski definition) is 0. The molecule has 1 aliphatic heterocycles. The summed E-state index contributed by atoms with van der Waals surface area (Å²) in [7, 11) is 4.02. The first kappa shape index (κ1) is 17.5. The summed E-state index contributed by atoms with van der Waals surface area (Å²) in [5.41, 5.74) is 2.56. The summed E-state index contributed by atoms with van der Waals surface area (Å²) >= 11 is 0. The van der Waals surface area contributed by atoms with E-state index in [-0.39, 0.29) is 12.0 Å². The third-order valence-electron chi connectivity index (χ3n) is 4.41. The number of carbonyl (C=O) groups is 1. The second-order valence-corrected chi connectivity index (χ2v) is 6.70. The lowest BCUT2D eigenvalue weighted by Gasteiger charge is -2.25. The fraction of sp³-hybridized carbons (Fsp3) is 0.474. The highest BCUT2D eigenvalue weighted by Crippen LogP contribution is 2.19. The van der Waals surface area contributed by atoms with Gasteiger partial charge in [0.25, 0.3) is 5.91 Å². The molecule has 1 amide bonds. The molecule has 0 unspecified atom stereocenters. The lowest BCUT2D eigenvalue weighted by atomic mass is 10.1. The number of ether oxygens (including phenoxy) is 1.